The van der Waals surface area contributed by atoms with Gasteiger partial charge in [-0.15, -0.1) is 0 Å². The first-order valence-electron chi connectivity index (χ1n) is 8.85. The number of para-hydroxylation sites is 1. The molecule has 0 bridgehead atoms. The van der Waals surface area contributed by atoms with Gasteiger partial charge >= 0.3 is 0 Å². The van der Waals surface area contributed by atoms with Gasteiger partial charge in [-0.05, 0) is 31.4 Å². The van der Waals surface area contributed by atoms with Crippen LogP contribution in [0.15, 0.2) is 30.3 Å². The van der Waals surface area contributed by atoms with Crippen LogP contribution in [0.3, 0.4) is 0 Å². The minimum absolute atomic E-state index is 1.03. The molecule has 21 heavy (non-hydrogen) atoms. The molecular weight excluding hydrogens is 273 g/mol. The summed E-state index contributed by atoms with van der Waals surface area (Å²) in [5.41, 5.74) is 1.43. The third-order valence-corrected chi connectivity index (χ3v) is 9.50. The molecule has 0 spiro atoms. The smallest absolute Gasteiger partial charge is 0.105 e. The summed E-state index contributed by atoms with van der Waals surface area (Å²) in [6, 6.07) is 11.1. The minimum Gasteiger partial charge on any atom is -0.252 e. The van der Waals surface area contributed by atoms with E-state index in [9.17, 15) is 0 Å². The molecule has 0 saturated carbocycles. The van der Waals surface area contributed by atoms with E-state index in [0.29, 0.717) is 0 Å². The van der Waals surface area contributed by atoms with Gasteiger partial charge in [-0.2, -0.15) is 0 Å². The molecule has 120 valence electrons. The minimum atomic E-state index is -1.03. The summed E-state index contributed by atoms with van der Waals surface area (Å²) in [5.74, 6) is 0. The number of rotatable bonds is 11. The van der Waals surface area contributed by atoms with Gasteiger partial charge < -0.3 is 0 Å². The van der Waals surface area contributed by atoms with Crippen molar-refractivity contribution in [3.63, 3.8) is 0 Å². The Labute approximate surface area is 133 Å². The maximum Gasteiger partial charge on any atom is 0.105 e. The van der Waals surface area contributed by atoms with E-state index in [4.69, 9.17) is 0 Å². The topological polar surface area (TPSA) is 3.24 Å². The molecule has 1 aromatic rings. The molecule has 0 unspecified atom stereocenters. The molecule has 0 aliphatic carbocycles. The van der Waals surface area contributed by atoms with Crippen LogP contribution < -0.4 is 4.67 Å². The van der Waals surface area contributed by atoms with Crippen LogP contribution in [0, 0.1) is 0 Å². The van der Waals surface area contributed by atoms with Crippen molar-refractivity contribution in [3.05, 3.63) is 30.3 Å². The summed E-state index contributed by atoms with van der Waals surface area (Å²) in [4.78, 5) is 0. The third-order valence-electron chi connectivity index (χ3n) is 4.55. The van der Waals surface area contributed by atoms with Crippen molar-refractivity contribution in [3.8, 4) is 0 Å². The summed E-state index contributed by atoms with van der Waals surface area (Å²) >= 11 is 0. The Morgan fingerprint density at radius 3 is 1.57 bits per heavy atom. The molecule has 0 aliphatic rings. The highest BCUT2D eigenvalue weighted by atomic mass is 31.2. The number of hydrogen-bond acceptors (Lipinski definition) is 1. The average molecular weight is 308 g/mol. The molecule has 1 nitrogen and oxygen atoms in total. The molecule has 2 heteroatoms. The fraction of sp³-hybridized carbons (Fsp3) is 0.684. The van der Waals surface area contributed by atoms with Crippen molar-refractivity contribution < 1.29 is 0 Å². The van der Waals surface area contributed by atoms with E-state index in [1.54, 1.807) is 0 Å². The molecule has 0 heterocycles. The number of benzene rings is 1. The van der Waals surface area contributed by atoms with Crippen molar-refractivity contribution in [1.29, 1.82) is 0 Å². The maximum absolute atomic E-state index is 2.70. The molecule has 0 aliphatic heterocycles. The third kappa shape index (κ3) is 5.62. The SMILES string of the molecule is CCCC[P+](CCCC)(CCCC)N(C)c1ccccc1. The molecule has 0 aromatic heterocycles. The van der Waals surface area contributed by atoms with Gasteiger partial charge in [-0.25, -0.2) is 0 Å². The summed E-state index contributed by atoms with van der Waals surface area (Å²) < 4.78 is 2.70. The summed E-state index contributed by atoms with van der Waals surface area (Å²) in [6.07, 6.45) is 12.4. The average Bonchev–Trinajstić information content (AvgIpc) is 2.55. The van der Waals surface area contributed by atoms with E-state index in [2.05, 4.69) is 62.8 Å². The molecule has 0 radical (unpaired) electrons. The quantitative estimate of drug-likeness (QED) is 0.424. The van der Waals surface area contributed by atoms with Gasteiger partial charge in [0.05, 0.1) is 24.2 Å². The molecule has 0 saturated heterocycles. The standard InChI is InChI=1S/C19H35NP/c1-5-8-16-21(17-9-6-2,18-10-7-3)20(4)19-14-12-11-13-15-19/h11-15H,5-10,16-18H2,1-4H3/q+1. The predicted molar refractivity (Wildman–Crippen MR) is 101 cm³/mol. The fourth-order valence-electron chi connectivity index (χ4n) is 3.03. The zero-order valence-corrected chi connectivity index (χ0v) is 15.5. The fourth-order valence-corrected chi connectivity index (χ4v) is 7.94. The Morgan fingerprint density at radius 1 is 0.762 bits per heavy atom. The first kappa shape index (κ1) is 18.5. The number of unbranched alkanes of at least 4 members (excludes halogenated alkanes) is 3. The van der Waals surface area contributed by atoms with Crippen LogP contribution in [-0.2, 0) is 0 Å². The lowest BCUT2D eigenvalue weighted by molar-refractivity contribution is 0.830. The van der Waals surface area contributed by atoms with Crippen LogP contribution >= 0.6 is 7.41 Å². The first-order chi connectivity index (χ1) is 10.2. The van der Waals surface area contributed by atoms with Crippen molar-refractivity contribution in [1.82, 2.24) is 0 Å². The summed E-state index contributed by atoms with van der Waals surface area (Å²) in [6.45, 7) is 6.99. The largest absolute Gasteiger partial charge is 0.252 e. The lowest BCUT2D eigenvalue weighted by Crippen LogP contribution is -2.26. The van der Waals surface area contributed by atoms with E-state index < -0.39 is 7.41 Å². The number of anilines is 1. The monoisotopic (exact) mass is 308 g/mol. The molecule has 0 N–H and O–H groups in total. The van der Waals surface area contributed by atoms with Crippen LogP contribution in [0.2, 0.25) is 0 Å². The van der Waals surface area contributed by atoms with Crippen molar-refractivity contribution in [2.24, 2.45) is 0 Å². The number of nitrogens with zero attached hydrogens (tertiary/aromatic N) is 1. The molecule has 0 fully saturated rings. The van der Waals surface area contributed by atoms with Crippen LogP contribution in [0.25, 0.3) is 0 Å². The Morgan fingerprint density at radius 2 is 1.19 bits per heavy atom. The predicted octanol–water partition coefficient (Wildman–Crippen LogP) is 6.46. The molecule has 0 atom stereocenters. The molecule has 1 aromatic carbocycles. The zero-order valence-electron chi connectivity index (χ0n) is 14.6. The lowest BCUT2D eigenvalue weighted by atomic mass is 10.3. The first-order valence-corrected chi connectivity index (χ1v) is 11.1. The van der Waals surface area contributed by atoms with Gasteiger partial charge in [0.2, 0.25) is 0 Å². The van der Waals surface area contributed by atoms with E-state index in [1.165, 1.54) is 62.7 Å². The van der Waals surface area contributed by atoms with E-state index >= 15 is 0 Å². The second-order valence-corrected chi connectivity index (χ2v) is 10.3. The highest BCUT2D eigenvalue weighted by Gasteiger charge is 2.40. The zero-order chi connectivity index (χ0) is 15.6. The second-order valence-electron chi connectivity index (χ2n) is 6.19. The maximum atomic E-state index is 2.70. The van der Waals surface area contributed by atoms with Crippen molar-refractivity contribution >= 4 is 13.1 Å². The highest BCUT2D eigenvalue weighted by Crippen LogP contribution is 2.64. The van der Waals surface area contributed by atoms with Gasteiger partial charge in [-0.3, -0.25) is 4.67 Å². The summed E-state index contributed by atoms with van der Waals surface area (Å²) in [5, 5.41) is 0. The molecular formula is C19H35NP+. The van der Waals surface area contributed by atoms with Gasteiger partial charge in [0.25, 0.3) is 0 Å². The lowest BCUT2D eigenvalue weighted by Gasteiger charge is -2.36. The molecule has 1 rings (SSSR count). The Balaban J connectivity index is 2.99. The van der Waals surface area contributed by atoms with Crippen molar-refractivity contribution in [2.45, 2.75) is 59.3 Å². The normalized spacial score (nSPS) is 11.6. The summed E-state index contributed by atoms with van der Waals surface area (Å²) in [7, 11) is 1.34. The van der Waals surface area contributed by atoms with Gasteiger partial charge in [0.1, 0.15) is 7.41 Å². The molecule has 0 amide bonds. The Hall–Kier alpha value is -0.550. The van der Waals surface area contributed by atoms with Gasteiger partial charge in [0.15, 0.2) is 0 Å². The van der Waals surface area contributed by atoms with E-state index in [-0.39, 0.29) is 0 Å². The van der Waals surface area contributed by atoms with E-state index in [0.717, 1.165) is 0 Å². The van der Waals surface area contributed by atoms with Crippen LogP contribution in [0.1, 0.15) is 59.3 Å². The second kappa shape index (κ2) is 10.2. The van der Waals surface area contributed by atoms with Crippen LogP contribution in [-0.4, -0.2) is 25.5 Å². The van der Waals surface area contributed by atoms with Gasteiger partial charge in [-0.1, -0.05) is 58.2 Å². The van der Waals surface area contributed by atoms with Crippen molar-refractivity contribution in [2.75, 3.05) is 30.2 Å². The van der Waals surface area contributed by atoms with Crippen LogP contribution in [0.4, 0.5) is 5.69 Å². The van der Waals surface area contributed by atoms with Gasteiger partial charge in [0, 0.05) is 7.05 Å². The highest BCUT2D eigenvalue weighted by molar-refractivity contribution is 7.77. The Kier molecular flexibility index (Phi) is 9.00. The van der Waals surface area contributed by atoms with E-state index in [1.807, 2.05) is 0 Å². The van der Waals surface area contributed by atoms with Crippen LogP contribution in [0.5, 0.6) is 0 Å². The number of hydrogen-bond donors (Lipinski definition) is 0. The Bertz CT molecular complexity index is 341.